The summed E-state index contributed by atoms with van der Waals surface area (Å²) in [5, 5.41) is 0. The molecule has 0 aliphatic heterocycles. The van der Waals surface area contributed by atoms with E-state index in [1.54, 1.807) is 17.0 Å². The molecule has 1 unspecified atom stereocenters. The molecule has 0 aliphatic carbocycles. The molecule has 0 bridgehead atoms. The van der Waals surface area contributed by atoms with E-state index in [4.69, 9.17) is 4.74 Å². The van der Waals surface area contributed by atoms with Gasteiger partial charge in [0.25, 0.3) is 0 Å². The van der Waals surface area contributed by atoms with Crippen LogP contribution in [-0.4, -0.2) is 28.0 Å². The summed E-state index contributed by atoms with van der Waals surface area (Å²) in [6.45, 7) is 8.37. The van der Waals surface area contributed by atoms with Crippen LogP contribution in [0.1, 0.15) is 33.3 Å². The molecule has 1 atom stereocenters. The summed E-state index contributed by atoms with van der Waals surface area (Å²) in [5.41, 5.74) is 0.332. The molecule has 0 saturated heterocycles. The molecule has 1 aromatic carbocycles. The van der Waals surface area contributed by atoms with Gasteiger partial charge in [-0.25, -0.2) is 9.18 Å². The monoisotopic (exact) mass is 345 g/mol. The number of benzene rings is 1. The van der Waals surface area contributed by atoms with Gasteiger partial charge >= 0.3 is 6.09 Å². The Labute approximate surface area is 128 Å². The van der Waals surface area contributed by atoms with Crippen molar-refractivity contribution in [3.8, 4) is 0 Å². The maximum atomic E-state index is 12.9. The summed E-state index contributed by atoms with van der Waals surface area (Å²) in [6.07, 6.45) is -0.367. The first-order chi connectivity index (χ1) is 9.17. The van der Waals surface area contributed by atoms with Crippen LogP contribution in [0, 0.1) is 5.82 Å². The third-order valence-electron chi connectivity index (χ3n) is 2.41. The summed E-state index contributed by atoms with van der Waals surface area (Å²) < 4.78 is 18.3. The van der Waals surface area contributed by atoms with E-state index < -0.39 is 5.60 Å². The molecule has 0 aromatic heterocycles. The first-order valence-corrected chi connectivity index (χ1v) is 7.45. The van der Waals surface area contributed by atoms with Crippen molar-refractivity contribution in [2.75, 3.05) is 6.54 Å². The van der Waals surface area contributed by atoms with E-state index in [9.17, 15) is 9.18 Å². The lowest BCUT2D eigenvalue weighted by molar-refractivity contribution is 0.0237. The fraction of sp³-hybridized carbons (Fsp3) is 0.533. The van der Waals surface area contributed by atoms with Gasteiger partial charge in [-0.2, -0.15) is 0 Å². The fourth-order valence-corrected chi connectivity index (χ4v) is 1.99. The van der Waals surface area contributed by atoms with Crippen LogP contribution >= 0.6 is 15.9 Å². The Kier molecular flexibility index (Phi) is 5.99. The lowest BCUT2D eigenvalue weighted by Crippen LogP contribution is -2.39. The van der Waals surface area contributed by atoms with E-state index in [0.717, 1.165) is 5.56 Å². The van der Waals surface area contributed by atoms with Gasteiger partial charge < -0.3 is 9.64 Å². The molecular weight excluding hydrogens is 325 g/mol. The molecule has 5 heteroatoms. The van der Waals surface area contributed by atoms with Crippen LogP contribution in [0.2, 0.25) is 0 Å². The van der Waals surface area contributed by atoms with Crippen LogP contribution in [0.25, 0.3) is 0 Å². The van der Waals surface area contributed by atoms with Crippen LogP contribution in [0.4, 0.5) is 9.18 Å². The Balaban J connectivity index is 2.78. The highest BCUT2D eigenvalue weighted by Crippen LogP contribution is 2.15. The normalized spacial score (nSPS) is 12.9. The van der Waals surface area contributed by atoms with Crippen LogP contribution < -0.4 is 0 Å². The van der Waals surface area contributed by atoms with E-state index in [0.29, 0.717) is 13.1 Å². The molecule has 0 radical (unpaired) electrons. The topological polar surface area (TPSA) is 29.5 Å². The van der Waals surface area contributed by atoms with Gasteiger partial charge in [0.2, 0.25) is 0 Å². The molecule has 112 valence electrons. The summed E-state index contributed by atoms with van der Waals surface area (Å²) >= 11 is 3.44. The predicted molar refractivity (Wildman–Crippen MR) is 81.4 cm³/mol. The molecule has 3 nitrogen and oxygen atoms in total. The SMILES string of the molecule is CC(Br)CN(Cc1ccc(F)cc1)C(=O)OC(C)(C)C. The number of carbonyl (C=O) groups is 1. The number of ether oxygens (including phenoxy) is 1. The minimum absolute atomic E-state index is 0.149. The molecule has 1 aromatic rings. The second-order valence-corrected chi connectivity index (χ2v) is 7.33. The van der Waals surface area contributed by atoms with Gasteiger partial charge in [0.1, 0.15) is 11.4 Å². The number of carbonyl (C=O) groups excluding carboxylic acids is 1. The van der Waals surface area contributed by atoms with Crippen molar-refractivity contribution < 1.29 is 13.9 Å². The standard InChI is InChI=1S/C15H21BrFNO2/c1-11(16)9-18(14(19)20-15(2,3)4)10-12-5-7-13(17)8-6-12/h5-8,11H,9-10H2,1-4H3. The molecular formula is C15H21BrFNO2. The summed E-state index contributed by atoms with van der Waals surface area (Å²) in [5.74, 6) is -0.286. The molecule has 0 fully saturated rings. The largest absolute Gasteiger partial charge is 0.444 e. The highest BCUT2D eigenvalue weighted by atomic mass is 79.9. The quantitative estimate of drug-likeness (QED) is 0.759. The smallest absolute Gasteiger partial charge is 0.410 e. The molecule has 0 saturated carbocycles. The third kappa shape index (κ3) is 6.37. The number of hydrogen-bond donors (Lipinski definition) is 0. The zero-order chi connectivity index (χ0) is 15.3. The lowest BCUT2D eigenvalue weighted by Gasteiger charge is -2.28. The number of alkyl halides is 1. The highest BCUT2D eigenvalue weighted by Gasteiger charge is 2.23. The van der Waals surface area contributed by atoms with E-state index in [-0.39, 0.29) is 16.7 Å². The molecule has 20 heavy (non-hydrogen) atoms. The fourth-order valence-electron chi connectivity index (χ4n) is 1.64. The molecule has 0 heterocycles. The Morgan fingerprint density at radius 2 is 1.90 bits per heavy atom. The highest BCUT2D eigenvalue weighted by molar-refractivity contribution is 9.09. The molecule has 0 aliphatic rings. The number of rotatable bonds is 4. The second kappa shape index (κ2) is 7.07. The first kappa shape index (κ1) is 17.0. The predicted octanol–water partition coefficient (Wildman–Crippen LogP) is 4.35. The van der Waals surface area contributed by atoms with Gasteiger partial charge in [-0.3, -0.25) is 0 Å². The van der Waals surface area contributed by atoms with E-state index in [1.165, 1.54) is 12.1 Å². The van der Waals surface area contributed by atoms with E-state index in [2.05, 4.69) is 15.9 Å². The number of nitrogens with zero attached hydrogens (tertiary/aromatic N) is 1. The Morgan fingerprint density at radius 3 is 2.35 bits per heavy atom. The van der Waals surface area contributed by atoms with Crippen LogP contribution in [-0.2, 0) is 11.3 Å². The van der Waals surface area contributed by atoms with Crippen molar-refractivity contribution in [2.45, 2.75) is 44.7 Å². The van der Waals surface area contributed by atoms with Crippen molar-refractivity contribution >= 4 is 22.0 Å². The van der Waals surface area contributed by atoms with Gasteiger partial charge in [-0.1, -0.05) is 35.0 Å². The van der Waals surface area contributed by atoms with Gasteiger partial charge in [0.15, 0.2) is 0 Å². The van der Waals surface area contributed by atoms with Crippen LogP contribution in [0.15, 0.2) is 24.3 Å². The van der Waals surface area contributed by atoms with Crippen molar-refractivity contribution in [2.24, 2.45) is 0 Å². The number of halogens is 2. The lowest BCUT2D eigenvalue weighted by atomic mass is 10.2. The van der Waals surface area contributed by atoms with Crippen LogP contribution in [0.3, 0.4) is 0 Å². The number of amides is 1. The van der Waals surface area contributed by atoms with Gasteiger partial charge in [-0.05, 0) is 38.5 Å². The minimum atomic E-state index is -0.534. The van der Waals surface area contributed by atoms with Crippen molar-refractivity contribution in [1.29, 1.82) is 0 Å². The molecule has 0 spiro atoms. The zero-order valence-electron chi connectivity index (χ0n) is 12.3. The summed E-state index contributed by atoms with van der Waals surface area (Å²) in [6, 6.07) is 6.12. The summed E-state index contributed by atoms with van der Waals surface area (Å²) in [4.78, 5) is 13.9. The second-order valence-electron chi connectivity index (χ2n) is 5.77. The van der Waals surface area contributed by atoms with Crippen LogP contribution in [0.5, 0.6) is 0 Å². The molecule has 1 rings (SSSR count). The maximum Gasteiger partial charge on any atom is 0.410 e. The van der Waals surface area contributed by atoms with Gasteiger partial charge in [0.05, 0.1) is 0 Å². The average Bonchev–Trinajstić information content (AvgIpc) is 2.28. The Hall–Kier alpha value is -1.10. The van der Waals surface area contributed by atoms with Gasteiger partial charge in [-0.15, -0.1) is 0 Å². The van der Waals surface area contributed by atoms with Gasteiger partial charge in [0, 0.05) is 17.9 Å². The zero-order valence-corrected chi connectivity index (χ0v) is 13.9. The van der Waals surface area contributed by atoms with E-state index in [1.807, 2.05) is 27.7 Å². The van der Waals surface area contributed by atoms with Crippen molar-refractivity contribution in [1.82, 2.24) is 4.90 Å². The molecule has 0 N–H and O–H groups in total. The first-order valence-electron chi connectivity index (χ1n) is 6.54. The van der Waals surface area contributed by atoms with E-state index >= 15 is 0 Å². The molecule has 1 amide bonds. The average molecular weight is 346 g/mol. The van der Waals surface area contributed by atoms with Crippen molar-refractivity contribution in [3.63, 3.8) is 0 Å². The number of hydrogen-bond acceptors (Lipinski definition) is 2. The maximum absolute atomic E-state index is 12.9. The van der Waals surface area contributed by atoms with Crippen molar-refractivity contribution in [3.05, 3.63) is 35.6 Å². The minimum Gasteiger partial charge on any atom is -0.444 e. The summed E-state index contributed by atoms with van der Waals surface area (Å²) in [7, 11) is 0. The third-order valence-corrected chi connectivity index (χ3v) is 2.70. The Morgan fingerprint density at radius 1 is 1.35 bits per heavy atom. The Bertz CT molecular complexity index is 440.